The van der Waals surface area contributed by atoms with E-state index >= 15 is 0 Å². The molecule has 2 rings (SSSR count). The highest BCUT2D eigenvalue weighted by Crippen LogP contribution is 2.18. The Morgan fingerprint density at radius 2 is 2.21 bits per heavy atom. The summed E-state index contributed by atoms with van der Waals surface area (Å²) in [5.74, 6) is -0.521. The molecule has 0 radical (unpaired) electrons. The monoisotopic (exact) mass is 295 g/mol. The van der Waals surface area contributed by atoms with E-state index in [4.69, 9.17) is 0 Å². The Bertz CT molecular complexity index is 569. The van der Waals surface area contributed by atoms with Crippen molar-refractivity contribution >= 4 is 29.9 Å². The summed E-state index contributed by atoms with van der Waals surface area (Å²) in [7, 11) is 0. The third kappa shape index (κ3) is 3.36. The second-order valence-electron chi connectivity index (χ2n) is 4.06. The van der Waals surface area contributed by atoms with Crippen LogP contribution in [0.1, 0.15) is 22.2 Å². The van der Waals surface area contributed by atoms with Crippen LogP contribution in [0.2, 0.25) is 0 Å². The molecule has 0 saturated carbocycles. The Balaban J connectivity index is 2.18. The van der Waals surface area contributed by atoms with E-state index in [2.05, 4.69) is 12.6 Å². The van der Waals surface area contributed by atoms with Gasteiger partial charge in [-0.25, -0.2) is 4.39 Å². The van der Waals surface area contributed by atoms with Crippen molar-refractivity contribution in [3.05, 3.63) is 52.0 Å². The van der Waals surface area contributed by atoms with Crippen molar-refractivity contribution in [3.8, 4) is 0 Å². The van der Waals surface area contributed by atoms with Gasteiger partial charge < -0.3 is 4.90 Å². The van der Waals surface area contributed by atoms with E-state index in [1.54, 1.807) is 16.2 Å². The summed E-state index contributed by atoms with van der Waals surface area (Å²) in [6.07, 6.45) is 0. The van der Waals surface area contributed by atoms with Gasteiger partial charge >= 0.3 is 0 Å². The van der Waals surface area contributed by atoms with Crippen LogP contribution < -0.4 is 0 Å². The lowest BCUT2D eigenvalue weighted by Crippen LogP contribution is -2.30. The number of carbonyl (C=O) groups is 1. The Labute approximate surface area is 121 Å². The number of hydrogen-bond donors (Lipinski definition) is 1. The van der Waals surface area contributed by atoms with E-state index in [1.807, 2.05) is 24.4 Å². The minimum Gasteiger partial charge on any atom is -0.334 e. The normalized spacial score (nSPS) is 10.5. The van der Waals surface area contributed by atoms with E-state index in [-0.39, 0.29) is 10.8 Å². The molecule has 0 spiro atoms. The summed E-state index contributed by atoms with van der Waals surface area (Å²) in [6, 6.07) is 8.19. The summed E-state index contributed by atoms with van der Waals surface area (Å²) in [6.45, 7) is 3.11. The van der Waals surface area contributed by atoms with Crippen molar-refractivity contribution in [2.75, 3.05) is 6.54 Å². The average molecular weight is 295 g/mol. The van der Waals surface area contributed by atoms with E-state index < -0.39 is 5.82 Å². The van der Waals surface area contributed by atoms with Gasteiger partial charge in [0.1, 0.15) is 5.82 Å². The molecule has 1 aromatic carbocycles. The Morgan fingerprint density at radius 1 is 1.42 bits per heavy atom. The van der Waals surface area contributed by atoms with Crippen LogP contribution in [-0.4, -0.2) is 17.4 Å². The number of hydrogen-bond acceptors (Lipinski definition) is 3. The maximum atomic E-state index is 13.2. The number of amides is 1. The van der Waals surface area contributed by atoms with Crippen LogP contribution in [0.15, 0.2) is 40.6 Å². The molecular formula is C14H14FNOS2. The zero-order valence-corrected chi connectivity index (χ0v) is 12.2. The predicted octanol–water partition coefficient (Wildman–Crippen LogP) is 3.84. The molecule has 0 aliphatic carbocycles. The maximum Gasteiger partial charge on any atom is 0.254 e. The van der Waals surface area contributed by atoms with Gasteiger partial charge in [0.05, 0.1) is 6.54 Å². The fraction of sp³-hybridized carbons (Fsp3) is 0.214. The number of thiol groups is 1. The highest BCUT2D eigenvalue weighted by molar-refractivity contribution is 7.80. The maximum absolute atomic E-state index is 13.2. The first-order valence-corrected chi connectivity index (χ1v) is 7.24. The predicted molar refractivity (Wildman–Crippen MR) is 78.4 cm³/mol. The van der Waals surface area contributed by atoms with Crippen molar-refractivity contribution in [1.29, 1.82) is 0 Å². The first kappa shape index (κ1) is 14.1. The standard InChI is InChI=1S/C14H14FNOS2/c1-2-16(9-11-4-3-7-19-11)14(17)10-5-6-12(15)13(18)8-10/h3-8,18H,2,9H2,1H3. The summed E-state index contributed by atoms with van der Waals surface area (Å²) in [5, 5.41) is 1.98. The van der Waals surface area contributed by atoms with E-state index in [9.17, 15) is 9.18 Å². The van der Waals surface area contributed by atoms with Crippen LogP contribution in [0.25, 0.3) is 0 Å². The molecule has 2 aromatic rings. The molecule has 0 aliphatic rings. The lowest BCUT2D eigenvalue weighted by molar-refractivity contribution is 0.0754. The lowest BCUT2D eigenvalue weighted by Gasteiger charge is -2.20. The molecule has 0 bridgehead atoms. The molecule has 2 nitrogen and oxygen atoms in total. The average Bonchev–Trinajstić information content (AvgIpc) is 2.91. The number of nitrogens with zero attached hydrogens (tertiary/aromatic N) is 1. The molecule has 0 unspecified atom stereocenters. The van der Waals surface area contributed by atoms with E-state index in [0.29, 0.717) is 18.7 Å². The van der Waals surface area contributed by atoms with Gasteiger partial charge in [-0.1, -0.05) is 6.07 Å². The van der Waals surface area contributed by atoms with Crippen molar-refractivity contribution in [3.63, 3.8) is 0 Å². The summed E-state index contributed by atoms with van der Waals surface area (Å²) in [4.78, 5) is 15.4. The van der Waals surface area contributed by atoms with Crippen molar-refractivity contribution in [2.45, 2.75) is 18.4 Å². The molecule has 0 saturated heterocycles. The largest absolute Gasteiger partial charge is 0.334 e. The Hall–Kier alpha value is -1.33. The molecule has 0 atom stereocenters. The van der Waals surface area contributed by atoms with Gasteiger partial charge in [0.2, 0.25) is 0 Å². The molecule has 19 heavy (non-hydrogen) atoms. The van der Waals surface area contributed by atoms with Gasteiger partial charge in [-0.05, 0) is 36.6 Å². The number of carbonyl (C=O) groups excluding carboxylic acids is 1. The van der Waals surface area contributed by atoms with Gasteiger partial charge in [0, 0.05) is 21.9 Å². The van der Waals surface area contributed by atoms with Crippen LogP contribution >= 0.6 is 24.0 Å². The fourth-order valence-electron chi connectivity index (χ4n) is 1.75. The third-order valence-corrected chi connectivity index (χ3v) is 3.99. The van der Waals surface area contributed by atoms with Gasteiger partial charge in [-0.15, -0.1) is 24.0 Å². The second-order valence-corrected chi connectivity index (χ2v) is 5.58. The molecule has 0 fully saturated rings. The zero-order chi connectivity index (χ0) is 13.8. The minimum absolute atomic E-state index is 0.105. The van der Waals surface area contributed by atoms with Gasteiger partial charge in [0.25, 0.3) is 5.91 Å². The molecular weight excluding hydrogens is 281 g/mol. The third-order valence-electron chi connectivity index (χ3n) is 2.79. The zero-order valence-electron chi connectivity index (χ0n) is 10.5. The van der Waals surface area contributed by atoms with Crippen molar-refractivity contribution < 1.29 is 9.18 Å². The topological polar surface area (TPSA) is 20.3 Å². The van der Waals surface area contributed by atoms with Gasteiger partial charge in [-0.2, -0.15) is 0 Å². The summed E-state index contributed by atoms with van der Waals surface area (Å²) < 4.78 is 13.2. The molecule has 1 amide bonds. The molecule has 1 aromatic heterocycles. The number of benzene rings is 1. The van der Waals surface area contributed by atoms with Crippen LogP contribution in [-0.2, 0) is 6.54 Å². The highest BCUT2D eigenvalue weighted by atomic mass is 32.1. The van der Waals surface area contributed by atoms with Crippen LogP contribution in [0, 0.1) is 5.82 Å². The van der Waals surface area contributed by atoms with Crippen molar-refractivity contribution in [2.24, 2.45) is 0 Å². The summed E-state index contributed by atoms with van der Waals surface area (Å²) >= 11 is 5.62. The SMILES string of the molecule is CCN(Cc1cccs1)C(=O)c1ccc(F)c(S)c1. The number of halogens is 1. The molecule has 5 heteroatoms. The van der Waals surface area contributed by atoms with E-state index in [1.165, 1.54) is 18.2 Å². The quantitative estimate of drug-likeness (QED) is 0.850. The van der Waals surface area contributed by atoms with Crippen molar-refractivity contribution in [1.82, 2.24) is 4.90 Å². The Kier molecular flexibility index (Phi) is 4.61. The number of rotatable bonds is 4. The van der Waals surface area contributed by atoms with E-state index in [0.717, 1.165) is 4.88 Å². The first-order valence-electron chi connectivity index (χ1n) is 5.92. The smallest absolute Gasteiger partial charge is 0.254 e. The minimum atomic E-state index is -0.416. The van der Waals surface area contributed by atoms with Crippen LogP contribution in [0.4, 0.5) is 4.39 Å². The Morgan fingerprint density at radius 3 is 2.79 bits per heavy atom. The first-order chi connectivity index (χ1) is 9.11. The highest BCUT2D eigenvalue weighted by Gasteiger charge is 2.16. The van der Waals surface area contributed by atoms with Crippen LogP contribution in [0.3, 0.4) is 0 Å². The molecule has 100 valence electrons. The van der Waals surface area contributed by atoms with Gasteiger partial charge in [-0.3, -0.25) is 4.79 Å². The number of thiophene rings is 1. The lowest BCUT2D eigenvalue weighted by atomic mass is 10.2. The summed E-state index contributed by atoms with van der Waals surface area (Å²) in [5.41, 5.74) is 0.463. The molecule has 0 N–H and O–H groups in total. The van der Waals surface area contributed by atoms with Gasteiger partial charge in [0.15, 0.2) is 0 Å². The fourth-order valence-corrected chi connectivity index (χ4v) is 2.68. The second kappa shape index (κ2) is 6.21. The van der Waals surface area contributed by atoms with Crippen LogP contribution in [0.5, 0.6) is 0 Å². The molecule has 0 aliphatic heterocycles. The molecule has 1 heterocycles.